The Bertz CT molecular complexity index is 477. The molecule has 19 heavy (non-hydrogen) atoms. The van der Waals surface area contributed by atoms with E-state index in [2.05, 4.69) is 0 Å². The largest absolute Gasteiger partial charge is 0.478 e. The van der Waals surface area contributed by atoms with E-state index in [0.29, 0.717) is 5.56 Å². The van der Waals surface area contributed by atoms with Crippen LogP contribution in [-0.4, -0.2) is 35.0 Å². The highest BCUT2D eigenvalue weighted by molar-refractivity contribution is 5.94. The van der Waals surface area contributed by atoms with Crippen LogP contribution >= 0.6 is 0 Å². The van der Waals surface area contributed by atoms with Crippen LogP contribution in [-0.2, 0) is 4.79 Å². The van der Waals surface area contributed by atoms with Crippen LogP contribution < -0.4 is 0 Å². The first-order valence-electron chi connectivity index (χ1n) is 6.24. The molecule has 0 radical (unpaired) electrons. The fourth-order valence-electron chi connectivity index (χ4n) is 1.58. The van der Waals surface area contributed by atoms with Gasteiger partial charge in [-0.1, -0.05) is 19.1 Å². The molecule has 1 rings (SSSR count). The standard InChI is InChI=1S/C15H19NO3/c1-4-11(2)16(3)15(19)13-8-5-12(6-9-13)7-10-14(17)18/h5-11H,4H2,1-3H3,(H,17,18)/b10-7+. The summed E-state index contributed by atoms with van der Waals surface area (Å²) in [5.74, 6) is -1.01. The third-order valence-corrected chi connectivity index (χ3v) is 3.15. The van der Waals surface area contributed by atoms with Gasteiger partial charge in [0.2, 0.25) is 0 Å². The summed E-state index contributed by atoms with van der Waals surface area (Å²) in [6, 6.07) is 7.08. The molecule has 4 heteroatoms. The predicted molar refractivity (Wildman–Crippen MR) is 75.0 cm³/mol. The smallest absolute Gasteiger partial charge is 0.328 e. The molecule has 0 saturated carbocycles. The van der Waals surface area contributed by atoms with Gasteiger partial charge in [-0.3, -0.25) is 4.79 Å². The summed E-state index contributed by atoms with van der Waals surface area (Å²) in [5, 5.41) is 8.53. The van der Waals surface area contributed by atoms with Crippen LogP contribution in [0.1, 0.15) is 36.2 Å². The van der Waals surface area contributed by atoms with Crippen molar-refractivity contribution in [3.8, 4) is 0 Å². The zero-order chi connectivity index (χ0) is 14.4. The second-order valence-corrected chi connectivity index (χ2v) is 4.47. The van der Waals surface area contributed by atoms with Gasteiger partial charge in [0.05, 0.1) is 0 Å². The third kappa shape index (κ3) is 4.25. The Hall–Kier alpha value is -2.10. The van der Waals surface area contributed by atoms with Crippen LogP contribution in [0.2, 0.25) is 0 Å². The van der Waals surface area contributed by atoms with Gasteiger partial charge in [-0.25, -0.2) is 4.79 Å². The van der Waals surface area contributed by atoms with Gasteiger partial charge in [-0.05, 0) is 37.1 Å². The molecule has 1 amide bonds. The summed E-state index contributed by atoms with van der Waals surface area (Å²) in [7, 11) is 1.79. The second-order valence-electron chi connectivity index (χ2n) is 4.47. The van der Waals surface area contributed by atoms with E-state index in [1.807, 2.05) is 13.8 Å². The molecular formula is C15H19NO3. The monoisotopic (exact) mass is 261 g/mol. The summed E-state index contributed by atoms with van der Waals surface area (Å²) in [6.07, 6.45) is 3.47. The number of rotatable bonds is 5. The van der Waals surface area contributed by atoms with Crippen LogP contribution in [0, 0.1) is 0 Å². The molecule has 0 heterocycles. The maximum absolute atomic E-state index is 12.1. The number of carboxylic acid groups (broad SMARTS) is 1. The van der Waals surface area contributed by atoms with Crippen molar-refractivity contribution in [2.45, 2.75) is 26.3 Å². The predicted octanol–water partition coefficient (Wildman–Crippen LogP) is 2.65. The highest BCUT2D eigenvalue weighted by Gasteiger charge is 2.15. The minimum absolute atomic E-state index is 0.0249. The molecule has 1 atom stereocenters. The van der Waals surface area contributed by atoms with Crippen molar-refractivity contribution < 1.29 is 14.7 Å². The second kappa shape index (κ2) is 6.73. The molecule has 4 nitrogen and oxygen atoms in total. The number of amides is 1. The van der Waals surface area contributed by atoms with Gasteiger partial charge in [0, 0.05) is 24.7 Å². The summed E-state index contributed by atoms with van der Waals surface area (Å²) in [5.41, 5.74) is 1.36. The number of benzene rings is 1. The van der Waals surface area contributed by atoms with Gasteiger partial charge in [-0.15, -0.1) is 0 Å². The normalized spacial score (nSPS) is 12.4. The van der Waals surface area contributed by atoms with Crippen molar-refractivity contribution in [2.24, 2.45) is 0 Å². The van der Waals surface area contributed by atoms with Crippen molar-refractivity contribution in [2.75, 3.05) is 7.05 Å². The number of hydrogen-bond donors (Lipinski definition) is 1. The molecule has 0 aliphatic carbocycles. The Kier molecular flexibility index (Phi) is 5.30. The third-order valence-electron chi connectivity index (χ3n) is 3.15. The van der Waals surface area contributed by atoms with Gasteiger partial charge >= 0.3 is 5.97 Å². The maximum Gasteiger partial charge on any atom is 0.328 e. The van der Waals surface area contributed by atoms with Crippen molar-refractivity contribution in [1.29, 1.82) is 0 Å². The highest BCUT2D eigenvalue weighted by atomic mass is 16.4. The Morgan fingerprint density at radius 1 is 1.32 bits per heavy atom. The molecule has 102 valence electrons. The van der Waals surface area contributed by atoms with Crippen molar-refractivity contribution in [1.82, 2.24) is 4.90 Å². The molecule has 0 aliphatic rings. The van der Waals surface area contributed by atoms with Crippen molar-refractivity contribution >= 4 is 18.0 Å². The van der Waals surface area contributed by atoms with E-state index in [1.54, 1.807) is 36.2 Å². The Morgan fingerprint density at radius 3 is 2.37 bits per heavy atom. The average molecular weight is 261 g/mol. The van der Waals surface area contributed by atoms with Crippen LogP contribution in [0.5, 0.6) is 0 Å². The first kappa shape index (κ1) is 15.0. The molecule has 1 unspecified atom stereocenters. The van der Waals surface area contributed by atoms with Gasteiger partial charge in [0.15, 0.2) is 0 Å². The number of aliphatic carboxylic acids is 1. The van der Waals surface area contributed by atoms with Crippen LogP contribution in [0.15, 0.2) is 30.3 Å². The zero-order valence-corrected chi connectivity index (χ0v) is 11.5. The van der Waals surface area contributed by atoms with E-state index >= 15 is 0 Å². The minimum atomic E-state index is -0.989. The highest BCUT2D eigenvalue weighted by Crippen LogP contribution is 2.11. The van der Waals surface area contributed by atoms with Crippen molar-refractivity contribution in [3.05, 3.63) is 41.5 Å². The molecule has 0 aromatic heterocycles. The Balaban J connectivity index is 2.81. The lowest BCUT2D eigenvalue weighted by atomic mass is 10.1. The fourth-order valence-corrected chi connectivity index (χ4v) is 1.58. The Morgan fingerprint density at radius 2 is 1.89 bits per heavy atom. The lowest BCUT2D eigenvalue weighted by Gasteiger charge is -2.23. The number of carboxylic acids is 1. The average Bonchev–Trinajstić information content (AvgIpc) is 2.43. The number of hydrogen-bond acceptors (Lipinski definition) is 2. The first-order valence-corrected chi connectivity index (χ1v) is 6.24. The summed E-state index contributed by atoms with van der Waals surface area (Å²) < 4.78 is 0. The SMILES string of the molecule is CCC(C)N(C)C(=O)c1ccc(/C=C/C(=O)O)cc1. The minimum Gasteiger partial charge on any atom is -0.478 e. The molecule has 0 spiro atoms. The van der Waals surface area contributed by atoms with Crippen LogP contribution in [0.4, 0.5) is 0 Å². The molecule has 0 aliphatic heterocycles. The van der Waals surface area contributed by atoms with E-state index in [0.717, 1.165) is 18.1 Å². The number of carbonyl (C=O) groups excluding carboxylic acids is 1. The molecule has 1 aromatic carbocycles. The summed E-state index contributed by atoms with van der Waals surface area (Å²) in [4.78, 5) is 24.2. The Labute approximate surface area is 113 Å². The zero-order valence-electron chi connectivity index (χ0n) is 11.5. The molecule has 0 saturated heterocycles. The lowest BCUT2D eigenvalue weighted by Crippen LogP contribution is -2.34. The first-order chi connectivity index (χ1) is 8.95. The van der Waals surface area contributed by atoms with Gasteiger partial charge in [0.1, 0.15) is 0 Å². The molecule has 1 N–H and O–H groups in total. The van der Waals surface area contributed by atoms with Gasteiger partial charge < -0.3 is 10.0 Å². The fraction of sp³-hybridized carbons (Fsp3) is 0.333. The maximum atomic E-state index is 12.1. The van der Waals surface area contributed by atoms with Crippen LogP contribution in [0.25, 0.3) is 6.08 Å². The van der Waals surface area contributed by atoms with Crippen LogP contribution in [0.3, 0.4) is 0 Å². The van der Waals surface area contributed by atoms with E-state index in [4.69, 9.17) is 5.11 Å². The van der Waals surface area contributed by atoms with E-state index < -0.39 is 5.97 Å². The van der Waals surface area contributed by atoms with E-state index in [1.165, 1.54) is 6.08 Å². The molecule has 0 bridgehead atoms. The number of carbonyl (C=O) groups is 2. The number of nitrogens with zero attached hydrogens (tertiary/aromatic N) is 1. The van der Waals surface area contributed by atoms with Crippen molar-refractivity contribution in [3.63, 3.8) is 0 Å². The van der Waals surface area contributed by atoms with E-state index in [9.17, 15) is 9.59 Å². The van der Waals surface area contributed by atoms with Gasteiger partial charge in [0.25, 0.3) is 5.91 Å². The molecule has 1 aromatic rings. The lowest BCUT2D eigenvalue weighted by molar-refractivity contribution is -0.131. The van der Waals surface area contributed by atoms with E-state index in [-0.39, 0.29) is 11.9 Å². The quantitative estimate of drug-likeness (QED) is 0.829. The molecule has 0 fully saturated rings. The summed E-state index contributed by atoms with van der Waals surface area (Å²) >= 11 is 0. The molecular weight excluding hydrogens is 242 g/mol. The summed E-state index contributed by atoms with van der Waals surface area (Å²) in [6.45, 7) is 4.04. The van der Waals surface area contributed by atoms with Gasteiger partial charge in [-0.2, -0.15) is 0 Å². The topological polar surface area (TPSA) is 57.6 Å².